The standard InChI is InChI=1S/3C18H36O2.H3P/c3*1-2-3-4-5-6-7-8-9-10-11-12-13-14-15-16-17-18(19)20;/h3*2-17H2,1H3,(H,19,20);1H3. The molecule has 0 rings (SSSR count). The molecule has 3 N–H and O–H groups in total. The van der Waals surface area contributed by atoms with E-state index in [1.165, 1.54) is 250 Å². The molecule has 0 aliphatic heterocycles. The van der Waals surface area contributed by atoms with E-state index in [0.29, 0.717) is 19.3 Å². The Balaban J connectivity index is -0.000000396. The van der Waals surface area contributed by atoms with Crippen molar-refractivity contribution in [2.75, 3.05) is 0 Å². The van der Waals surface area contributed by atoms with Gasteiger partial charge in [-0.05, 0) is 19.3 Å². The first-order valence-electron chi connectivity index (χ1n) is 27.0. The molecule has 6 nitrogen and oxygen atoms in total. The van der Waals surface area contributed by atoms with E-state index >= 15 is 0 Å². The van der Waals surface area contributed by atoms with E-state index in [1.807, 2.05) is 0 Å². The number of hydrogen-bond donors (Lipinski definition) is 3. The number of carbonyl (C=O) groups is 3. The van der Waals surface area contributed by atoms with E-state index in [-0.39, 0.29) is 9.90 Å². The Morgan fingerprint density at radius 2 is 0.311 bits per heavy atom. The van der Waals surface area contributed by atoms with Gasteiger partial charge in [-0.25, -0.2) is 0 Å². The highest BCUT2D eigenvalue weighted by molar-refractivity contribution is 6.92. The summed E-state index contributed by atoms with van der Waals surface area (Å²) in [5, 5.41) is 25.6. The van der Waals surface area contributed by atoms with Crippen LogP contribution in [0, 0.1) is 0 Å². The average Bonchev–Trinajstić information content (AvgIpc) is 3.22. The molecule has 0 aromatic heterocycles. The number of carboxylic acids is 3. The summed E-state index contributed by atoms with van der Waals surface area (Å²) in [7, 11) is 0. The zero-order chi connectivity index (χ0) is 44.7. The van der Waals surface area contributed by atoms with Crippen LogP contribution >= 0.6 is 9.90 Å². The Hall–Kier alpha value is -1.16. The third kappa shape index (κ3) is 76.5. The fourth-order valence-corrected chi connectivity index (χ4v) is 7.94. The Morgan fingerprint density at radius 1 is 0.213 bits per heavy atom. The minimum atomic E-state index is -0.653. The fraction of sp³-hybridized carbons (Fsp3) is 0.944. The molecule has 0 radical (unpaired) electrons. The predicted octanol–water partition coefficient (Wildman–Crippen LogP) is 19.1. The molecule has 61 heavy (non-hydrogen) atoms. The summed E-state index contributed by atoms with van der Waals surface area (Å²) in [5.74, 6) is -1.96. The summed E-state index contributed by atoms with van der Waals surface area (Å²) in [6, 6.07) is 0. The van der Waals surface area contributed by atoms with Crippen molar-refractivity contribution < 1.29 is 29.7 Å². The van der Waals surface area contributed by atoms with Gasteiger partial charge in [-0.1, -0.05) is 290 Å². The lowest BCUT2D eigenvalue weighted by molar-refractivity contribution is -0.138. The molecule has 0 fully saturated rings. The molecule has 0 aromatic carbocycles. The van der Waals surface area contributed by atoms with Crippen molar-refractivity contribution in [3.05, 3.63) is 0 Å². The molecular formula is C54H111O6P. The average molecular weight is 887 g/mol. The third-order valence-corrected chi connectivity index (χ3v) is 12.0. The summed E-state index contributed by atoms with van der Waals surface area (Å²) in [4.78, 5) is 31.0. The zero-order valence-corrected chi connectivity index (χ0v) is 43.1. The second-order valence-electron chi connectivity index (χ2n) is 18.3. The van der Waals surface area contributed by atoms with Crippen LogP contribution in [0.1, 0.15) is 329 Å². The molecule has 0 aromatic rings. The highest BCUT2D eigenvalue weighted by Gasteiger charge is 2.00. The van der Waals surface area contributed by atoms with Gasteiger partial charge in [0.1, 0.15) is 0 Å². The van der Waals surface area contributed by atoms with Crippen LogP contribution in [-0.4, -0.2) is 33.2 Å². The van der Waals surface area contributed by atoms with Crippen molar-refractivity contribution in [2.45, 2.75) is 329 Å². The van der Waals surface area contributed by atoms with E-state index in [1.54, 1.807) is 0 Å². The Morgan fingerprint density at radius 3 is 0.410 bits per heavy atom. The first kappa shape index (κ1) is 66.4. The Kier molecular flexibility index (Phi) is 68.8. The van der Waals surface area contributed by atoms with Gasteiger partial charge in [-0.15, -0.1) is 0 Å². The Labute approximate surface area is 385 Å². The summed E-state index contributed by atoms with van der Waals surface area (Å²) in [6.45, 7) is 6.81. The maximum absolute atomic E-state index is 10.3. The summed E-state index contributed by atoms with van der Waals surface area (Å²) < 4.78 is 0. The third-order valence-electron chi connectivity index (χ3n) is 12.0. The largest absolute Gasteiger partial charge is 0.481 e. The van der Waals surface area contributed by atoms with E-state index < -0.39 is 17.9 Å². The molecular weight excluding hydrogens is 776 g/mol. The lowest BCUT2D eigenvalue weighted by atomic mass is 10.0. The first-order valence-corrected chi connectivity index (χ1v) is 27.0. The summed E-state index contributed by atoms with van der Waals surface area (Å²) >= 11 is 0. The van der Waals surface area contributed by atoms with Crippen LogP contribution in [0.4, 0.5) is 0 Å². The van der Waals surface area contributed by atoms with Gasteiger partial charge >= 0.3 is 17.9 Å². The van der Waals surface area contributed by atoms with Gasteiger partial charge in [0.15, 0.2) is 0 Å². The number of rotatable bonds is 48. The second-order valence-corrected chi connectivity index (χ2v) is 18.3. The molecule has 0 saturated heterocycles. The van der Waals surface area contributed by atoms with Crippen molar-refractivity contribution in [1.82, 2.24) is 0 Å². The van der Waals surface area contributed by atoms with Gasteiger partial charge in [0.05, 0.1) is 0 Å². The summed E-state index contributed by atoms with van der Waals surface area (Å²) in [5.41, 5.74) is 0. The molecule has 0 aliphatic carbocycles. The van der Waals surface area contributed by atoms with Crippen LogP contribution in [0.25, 0.3) is 0 Å². The molecule has 7 heteroatoms. The number of carboxylic acid groups (broad SMARTS) is 3. The second kappa shape index (κ2) is 63.1. The van der Waals surface area contributed by atoms with Gasteiger partial charge in [0, 0.05) is 19.3 Å². The van der Waals surface area contributed by atoms with Crippen LogP contribution in [-0.2, 0) is 14.4 Å². The van der Waals surface area contributed by atoms with Gasteiger partial charge in [-0.2, -0.15) is 9.90 Å². The lowest BCUT2D eigenvalue weighted by Gasteiger charge is -2.03. The zero-order valence-electron chi connectivity index (χ0n) is 41.7. The van der Waals surface area contributed by atoms with E-state index in [0.717, 1.165) is 38.5 Å². The molecule has 0 saturated carbocycles. The molecule has 0 aliphatic rings. The normalized spacial score (nSPS) is 10.7. The van der Waals surface area contributed by atoms with Gasteiger partial charge in [-0.3, -0.25) is 14.4 Å². The van der Waals surface area contributed by atoms with Crippen LogP contribution in [0.5, 0.6) is 0 Å². The quantitative estimate of drug-likeness (QED) is 0.0414. The van der Waals surface area contributed by atoms with Crippen LogP contribution in [0.15, 0.2) is 0 Å². The predicted molar refractivity (Wildman–Crippen MR) is 273 cm³/mol. The van der Waals surface area contributed by atoms with E-state index in [9.17, 15) is 14.4 Å². The summed E-state index contributed by atoms with van der Waals surface area (Å²) in [6.07, 6.45) is 60.6. The highest BCUT2D eigenvalue weighted by Crippen LogP contribution is 2.16. The van der Waals surface area contributed by atoms with Crippen molar-refractivity contribution >= 4 is 27.8 Å². The first-order chi connectivity index (χ1) is 29.3. The molecule has 0 amide bonds. The minimum Gasteiger partial charge on any atom is -0.481 e. The Bertz CT molecular complexity index is 717. The van der Waals surface area contributed by atoms with Crippen molar-refractivity contribution in [2.24, 2.45) is 0 Å². The monoisotopic (exact) mass is 887 g/mol. The molecule has 0 heterocycles. The number of unbranched alkanes of at least 4 members (excludes halogenated alkanes) is 42. The maximum atomic E-state index is 10.3. The number of aliphatic carboxylic acids is 3. The minimum absolute atomic E-state index is 0. The van der Waals surface area contributed by atoms with Gasteiger partial charge in [0.25, 0.3) is 0 Å². The molecule has 1 unspecified atom stereocenters. The van der Waals surface area contributed by atoms with Crippen molar-refractivity contribution in [3.8, 4) is 0 Å². The molecule has 0 bridgehead atoms. The highest BCUT2D eigenvalue weighted by atomic mass is 31.0. The molecule has 0 spiro atoms. The van der Waals surface area contributed by atoms with Gasteiger partial charge < -0.3 is 15.3 Å². The van der Waals surface area contributed by atoms with Crippen LogP contribution in [0.3, 0.4) is 0 Å². The topological polar surface area (TPSA) is 112 Å². The molecule has 368 valence electrons. The maximum Gasteiger partial charge on any atom is 0.303 e. The fourth-order valence-electron chi connectivity index (χ4n) is 7.94. The van der Waals surface area contributed by atoms with Crippen molar-refractivity contribution in [1.29, 1.82) is 0 Å². The van der Waals surface area contributed by atoms with Gasteiger partial charge in [0.2, 0.25) is 0 Å². The van der Waals surface area contributed by atoms with Crippen LogP contribution < -0.4 is 0 Å². The SMILES string of the molecule is CCCCCCCCCCCCCCCCCC(=O)O.CCCCCCCCCCCCCCCCCC(=O)O.CCCCCCCCCCCCCCCCCC(=O)O.P. The van der Waals surface area contributed by atoms with Crippen LogP contribution in [0.2, 0.25) is 0 Å². The van der Waals surface area contributed by atoms with Crippen molar-refractivity contribution in [3.63, 3.8) is 0 Å². The molecule has 1 atom stereocenters. The smallest absolute Gasteiger partial charge is 0.303 e. The van der Waals surface area contributed by atoms with E-state index in [2.05, 4.69) is 20.8 Å². The number of hydrogen-bond acceptors (Lipinski definition) is 3. The lowest BCUT2D eigenvalue weighted by Crippen LogP contribution is -1.93. The van der Waals surface area contributed by atoms with E-state index in [4.69, 9.17) is 15.3 Å².